The maximum absolute atomic E-state index is 12.6. The lowest BCUT2D eigenvalue weighted by atomic mass is 10.2. The highest BCUT2D eigenvalue weighted by atomic mass is 35.5. The largest absolute Gasteiger partial charge is 0.476 e. The lowest BCUT2D eigenvalue weighted by Crippen LogP contribution is -2.48. The molecule has 2 aromatic rings. The molecule has 1 aliphatic heterocycles. The first-order chi connectivity index (χ1) is 12.2. The third kappa shape index (κ3) is 3.86. The summed E-state index contributed by atoms with van der Waals surface area (Å²) in [4.78, 5) is 12.6. The number of para-hydroxylation sites is 2. The number of fused-ring (bicyclic) bond motifs is 1. The Morgan fingerprint density at radius 1 is 1.15 bits per heavy atom. The predicted molar refractivity (Wildman–Crippen MR) is 103 cm³/mol. The van der Waals surface area contributed by atoms with E-state index < -0.39 is 22.0 Å². The number of amides is 1. The lowest BCUT2D eigenvalue weighted by molar-refractivity contribution is -0.122. The summed E-state index contributed by atoms with van der Waals surface area (Å²) in [6.07, 6.45) is 0.00467. The zero-order chi connectivity index (χ0) is 19.1. The smallest absolute Gasteiger partial charge is 0.267 e. The third-order valence-electron chi connectivity index (χ3n) is 3.70. The Labute approximate surface area is 165 Å². The van der Waals surface area contributed by atoms with Crippen LogP contribution in [0.4, 0.5) is 11.4 Å². The summed E-state index contributed by atoms with van der Waals surface area (Å²) in [7, 11) is -3.59. The Bertz CT molecular complexity index is 981. The second-order valence-electron chi connectivity index (χ2n) is 5.60. The van der Waals surface area contributed by atoms with E-state index in [1.165, 1.54) is 12.1 Å². The summed E-state index contributed by atoms with van der Waals surface area (Å²) in [6.45, 7) is -0.166. The number of benzene rings is 2. The molecule has 0 fully saturated rings. The number of halogens is 3. The zero-order valence-corrected chi connectivity index (χ0v) is 16.5. The summed E-state index contributed by atoms with van der Waals surface area (Å²) in [5, 5.41) is 3.26. The molecule has 2 aromatic carbocycles. The molecule has 0 spiro atoms. The maximum Gasteiger partial charge on any atom is 0.267 e. The molecule has 1 heterocycles. The molecule has 0 saturated heterocycles. The van der Waals surface area contributed by atoms with E-state index in [0.29, 0.717) is 11.4 Å². The van der Waals surface area contributed by atoms with Crippen LogP contribution in [0.2, 0.25) is 15.1 Å². The topological polar surface area (TPSA) is 75.7 Å². The van der Waals surface area contributed by atoms with Gasteiger partial charge in [-0.2, -0.15) is 0 Å². The Kier molecular flexibility index (Phi) is 5.25. The Balaban J connectivity index is 1.88. The average Bonchev–Trinajstić information content (AvgIpc) is 2.57. The number of nitrogens with zero attached hydrogens (tertiary/aromatic N) is 1. The highest BCUT2D eigenvalue weighted by molar-refractivity contribution is 7.92. The molecule has 138 valence electrons. The van der Waals surface area contributed by atoms with Crippen molar-refractivity contribution in [3.8, 4) is 5.75 Å². The van der Waals surface area contributed by atoms with Crippen molar-refractivity contribution >= 4 is 62.1 Å². The number of nitrogens with one attached hydrogen (secondary N) is 1. The third-order valence-corrected chi connectivity index (χ3v) is 5.88. The SMILES string of the molecule is CS(=O)(=O)N1C[C@@H](C(=O)Nc2cc(Cl)c(Cl)cc2Cl)Oc2ccccc21. The van der Waals surface area contributed by atoms with E-state index in [4.69, 9.17) is 39.5 Å². The molecule has 10 heteroatoms. The molecule has 0 saturated carbocycles. The van der Waals surface area contributed by atoms with E-state index >= 15 is 0 Å². The molecule has 3 rings (SSSR count). The quantitative estimate of drug-likeness (QED) is 0.744. The molecular formula is C16H13Cl3N2O4S. The van der Waals surface area contributed by atoms with Gasteiger partial charge in [-0.15, -0.1) is 0 Å². The Hall–Kier alpha value is -1.67. The van der Waals surface area contributed by atoms with Gasteiger partial charge in [0.15, 0.2) is 6.10 Å². The van der Waals surface area contributed by atoms with Crippen molar-refractivity contribution in [2.75, 3.05) is 22.4 Å². The van der Waals surface area contributed by atoms with Crippen LogP contribution in [-0.2, 0) is 14.8 Å². The number of rotatable bonds is 3. The number of carbonyl (C=O) groups is 1. The van der Waals surface area contributed by atoms with Crippen LogP contribution in [0.15, 0.2) is 36.4 Å². The second kappa shape index (κ2) is 7.15. The van der Waals surface area contributed by atoms with Crippen LogP contribution in [0.25, 0.3) is 0 Å². The highest BCUT2D eigenvalue weighted by Crippen LogP contribution is 2.36. The molecule has 1 N–H and O–H groups in total. The molecule has 6 nitrogen and oxygen atoms in total. The first kappa shape index (κ1) is 19.1. The van der Waals surface area contributed by atoms with Gasteiger partial charge in [0, 0.05) is 0 Å². The van der Waals surface area contributed by atoms with Crippen LogP contribution in [0, 0.1) is 0 Å². The number of ether oxygens (including phenoxy) is 1. The van der Waals surface area contributed by atoms with E-state index in [0.717, 1.165) is 10.6 Å². The van der Waals surface area contributed by atoms with E-state index in [9.17, 15) is 13.2 Å². The van der Waals surface area contributed by atoms with E-state index in [-0.39, 0.29) is 27.3 Å². The fourth-order valence-corrected chi connectivity index (χ4v) is 3.99. The number of hydrogen-bond acceptors (Lipinski definition) is 4. The van der Waals surface area contributed by atoms with Gasteiger partial charge in [0.1, 0.15) is 5.75 Å². The van der Waals surface area contributed by atoms with Crippen molar-refractivity contribution in [2.24, 2.45) is 0 Å². The van der Waals surface area contributed by atoms with Gasteiger partial charge in [0.25, 0.3) is 5.91 Å². The first-order valence-corrected chi connectivity index (χ1v) is 10.3. The minimum atomic E-state index is -3.59. The summed E-state index contributed by atoms with van der Waals surface area (Å²) in [5.41, 5.74) is 0.631. The van der Waals surface area contributed by atoms with Crippen molar-refractivity contribution in [1.82, 2.24) is 0 Å². The molecule has 0 bridgehead atoms. The minimum absolute atomic E-state index is 0.166. The Morgan fingerprint density at radius 3 is 2.50 bits per heavy atom. The molecule has 1 atom stereocenters. The summed E-state index contributed by atoms with van der Waals surface area (Å²) in [6, 6.07) is 9.40. The molecular weight excluding hydrogens is 423 g/mol. The second-order valence-corrected chi connectivity index (χ2v) is 8.73. The predicted octanol–water partition coefficient (Wildman–Crippen LogP) is 3.81. The summed E-state index contributed by atoms with van der Waals surface area (Å²) < 4.78 is 31.0. The number of sulfonamides is 1. The van der Waals surface area contributed by atoms with Crippen LogP contribution in [-0.4, -0.2) is 33.2 Å². The lowest BCUT2D eigenvalue weighted by Gasteiger charge is -2.33. The summed E-state index contributed by atoms with van der Waals surface area (Å²) >= 11 is 17.9. The molecule has 0 aliphatic carbocycles. The van der Waals surface area contributed by atoms with E-state index in [1.807, 2.05) is 0 Å². The van der Waals surface area contributed by atoms with E-state index in [2.05, 4.69) is 5.32 Å². The van der Waals surface area contributed by atoms with Crippen molar-refractivity contribution < 1.29 is 17.9 Å². The average molecular weight is 436 g/mol. The van der Waals surface area contributed by atoms with Gasteiger partial charge < -0.3 is 10.1 Å². The standard InChI is InChI=1S/C16H13Cl3N2O4S/c1-26(23,24)21-8-15(25-14-5-3-2-4-13(14)21)16(22)20-12-7-10(18)9(17)6-11(12)19/h2-7,15H,8H2,1H3,(H,20,22)/t15-/m0/s1. The van der Waals surface area contributed by atoms with Gasteiger partial charge in [-0.05, 0) is 24.3 Å². The van der Waals surface area contributed by atoms with Crippen LogP contribution < -0.4 is 14.4 Å². The van der Waals surface area contributed by atoms with Crippen LogP contribution in [0.3, 0.4) is 0 Å². The fraction of sp³-hybridized carbons (Fsp3) is 0.188. The van der Waals surface area contributed by atoms with Gasteiger partial charge in [-0.1, -0.05) is 46.9 Å². The molecule has 26 heavy (non-hydrogen) atoms. The first-order valence-electron chi connectivity index (χ1n) is 7.35. The van der Waals surface area contributed by atoms with Crippen molar-refractivity contribution in [1.29, 1.82) is 0 Å². The molecule has 1 aliphatic rings. The summed E-state index contributed by atoms with van der Waals surface area (Å²) in [5.74, 6) is -0.266. The zero-order valence-electron chi connectivity index (χ0n) is 13.4. The van der Waals surface area contributed by atoms with Crippen LogP contribution in [0.1, 0.15) is 0 Å². The van der Waals surface area contributed by atoms with Crippen molar-refractivity contribution in [3.63, 3.8) is 0 Å². The van der Waals surface area contributed by atoms with Crippen molar-refractivity contribution in [2.45, 2.75) is 6.10 Å². The minimum Gasteiger partial charge on any atom is -0.476 e. The van der Waals surface area contributed by atoms with Gasteiger partial charge in [-0.25, -0.2) is 8.42 Å². The fourth-order valence-electron chi connectivity index (χ4n) is 2.48. The molecule has 0 aromatic heterocycles. The maximum atomic E-state index is 12.6. The van der Waals surface area contributed by atoms with E-state index in [1.54, 1.807) is 24.3 Å². The van der Waals surface area contributed by atoms with Gasteiger partial charge in [0.05, 0.1) is 39.2 Å². The monoisotopic (exact) mass is 434 g/mol. The molecule has 1 amide bonds. The molecule has 0 unspecified atom stereocenters. The van der Waals surface area contributed by atoms with Gasteiger partial charge >= 0.3 is 0 Å². The van der Waals surface area contributed by atoms with Crippen LogP contribution in [0.5, 0.6) is 5.75 Å². The van der Waals surface area contributed by atoms with Crippen molar-refractivity contribution in [3.05, 3.63) is 51.5 Å². The highest BCUT2D eigenvalue weighted by Gasteiger charge is 2.35. The molecule has 0 radical (unpaired) electrons. The number of anilines is 2. The number of hydrogen-bond donors (Lipinski definition) is 1. The van der Waals surface area contributed by atoms with Gasteiger partial charge in [-0.3, -0.25) is 9.10 Å². The Morgan fingerprint density at radius 2 is 1.81 bits per heavy atom. The number of carbonyl (C=O) groups excluding carboxylic acids is 1. The normalized spacial score (nSPS) is 16.6. The van der Waals surface area contributed by atoms with Gasteiger partial charge in [0.2, 0.25) is 10.0 Å². The van der Waals surface area contributed by atoms with Crippen LogP contribution >= 0.6 is 34.8 Å².